The molecule has 0 spiro atoms. The normalized spacial score (nSPS) is 10.6. The number of pyridine rings is 1. The van der Waals surface area contributed by atoms with Crippen molar-refractivity contribution in [2.24, 2.45) is 0 Å². The molecule has 0 saturated heterocycles. The van der Waals surface area contributed by atoms with Gasteiger partial charge in [-0.05, 0) is 13.3 Å². The molecule has 1 rings (SSSR count). The highest BCUT2D eigenvalue weighted by Crippen LogP contribution is 2.12. The number of unbranched alkanes of at least 4 members (excludes halogenated alkanes) is 3. The van der Waals surface area contributed by atoms with Crippen LogP contribution in [-0.2, 0) is 13.0 Å². The van der Waals surface area contributed by atoms with Gasteiger partial charge in [0.2, 0.25) is 0 Å². The van der Waals surface area contributed by atoms with E-state index < -0.39 is 0 Å². The van der Waals surface area contributed by atoms with Crippen LogP contribution in [0.4, 0.5) is 5.69 Å². The van der Waals surface area contributed by atoms with E-state index in [1.54, 1.807) is 0 Å². The highest BCUT2D eigenvalue weighted by atomic mass is 15.1. The van der Waals surface area contributed by atoms with Crippen LogP contribution in [0.15, 0.2) is 18.3 Å². The van der Waals surface area contributed by atoms with E-state index in [9.17, 15) is 0 Å². The summed E-state index contributed by atoms with van der Waals surface area (Å²) < 4.78 is 2.36. The Hall–Kier alpha value is -1.05. The van der Waals surface area contributed by atoms with E-state index in [0.717, 1.165) is 6.54 Å². The van der Waals surface area contributed by atoms with Crippen molar-refractivity contribution in [3.63, 3.8) is 0 Å². The standard InChI is InChI=1S/C15H27N2/c1-5-7-8-9-10-15-13-14(16(3)4)11-12-17(15)6-2/h11-13H,5-10H2,1-4H3/q+1. The van der Waals surface area contributed by atoms with Crippen LogP contribution in [0.2, 0.25) is 0 Å². The molecule has 96 valence electrons. The molecule has 0 amide bonds. The fourth-order valence-corrected chi connectivity index (χ4v) is 2.10. The van der Waals surface area contributed by atoms with Crippen molar-refractivity contribution in [1.82, 2.24) is 0 Å². The molecule has 0 unspecified atom stereocenters. The maximum atomic E-state index is 2.36. The first kappa shape index (κ1) is 14.0. The Labute approximate surface area is 106 Å². The van der Waals surface area contributed by atoms with Crippen LogP contribution in [0, 0.1) is 0 Å². The molecule has 0 saturated carbocycles. The molecule has 0 bridgehead atoms. The summed E-state index contributed by atoms with van der Waals surface area (Å²) in [5, 5.41) is 0. The lowest BCUT2D eigenvalue weighted by molar-refractivity contribution is -0.700. The van der Waals surface area contributed by atoms with Gasteiger partial charge in [0.1, 0.15) is 6.54 Å². The molecule has 1 aromatic rings. The third kappa shape index (κ3) is 4.37. The lowest BCUT2D eigenvalue weighted by Crippen LogP contribution is -2.37. The number of aromatic nitrogens is 1. The van der Waals surface area contributed by atoms with Crippen LogP contribution in [0.25, 0.3) is 0 Å². The molecule has 0 aliphatic rings. The van der Waals surface area contributed by atoms with Gasteiger partial charge in [0.25, 0.3) is 0 Å². The van der Waals surface area contributed by atoms with E-state index in [2.05, 4.69) is 55.7 Å². The van der Waals surface area contributed by atoms with Crippen molar-refractivity contribution in [2.45, 2.75) is 52.5 Å². The highest BCUT2D eigenvalue weighted by molar-refractivity contribution is 5.43. The predicted octanol–water partition coefficient (Wildman–Crippen LogP) is 3.18. The van der Waals surface area contributed by atoms with Gasteiger partial charge >= 0.3 is 0 Å². The second kappa shape index (κ2) is 7.31. The van der Waals surface area contributed by atoms with Crippen LogP contribution in [0.5, 0.6) is 0 Å². The van der Waals surface area contributed by atoms with Gasteiger partial charge in [0.15, 0.2) is 11.9 Å². The first-order chi connectivity index (χ1) is 8.19. The number of hydrogen-bond acceptors (Lipinski definition) is 1. The van der Waals surface area contributed by atoms with E-state index >= 15 is 0 Å². The van der Waals surface area contributed by atoms with Gasteiger partial charge in [-0.3, -0.25) is 0 Å². The second-order valence-electron chi connectivity index (χ2n) is 4.87. The molecule has 17 heavy (non-hydrogen) atoms. The maximum absolute atomic E-state index is 2.36. The predicted molar refractivity (Wildman–Crippen MR) is 74.5 cm³/mol. The Morgan fingerprint density at radius 3 is 2.47 bits per heavy atom. The molecule has 1 aromatic heterocycles. The minimum atomic E-state index is 1.07. The van der Waals surface area contributed by atoms with Crippen molar-refractivity contribution in [3.8, 4) is 0 Å². The van der Waals surface area contributed by atoms with Crippen LogP contribution >= 0.6 is 0 Å². The highest BCUT2D eigenvalue weighted by Gasteiger charge is 2.10. The zero-order valence-corrected chi connectivity index (χ0v) is 11.9. The number of aryl methyl sites for hydroxylation is 2. The molecular weight excluding hydrogens is 208 g/mol. The van der Waals surface area contributed by atoms with Crippen LogP contribution < -0.4 is 9.47 Å². The van der Waals surface area contributed by atoms with Crippen LogP contribution in [-0.4, -0.2) is 14.1 Å². The lowest BCUT2D eigenvalue weighted by atomic mass is 10.1. The first-order valence-electron chi connectivity index (χ1n) is 6.88. The minimum Gasteiger partial charge on any atom is -0.377 e. The molecular formula is C15H27N2+. The number of nitrogens with zero attached hydrogens (tertiary/aromatic N) is 2. The Kier molecular flexibility index (Phi) is 6.03. The number of rotatable bonds is 7. The van der Waals surface area contributed by atoms with Crippen molar-refractivity contribution in [1.29, 1.82) is 0 Å². The average molecular weight is 235 g/mol. The summed E-state index contributed by atoms with van der Waals surface area (Å²) >= 11 is 0. The van der Waals surface area contributed by atoms with Gasteiger partial charge in [-0.1, -0.05) is 26.2 Å². The van der Waals surface area contributed by atoms with Gasteiger partial charge < -0.3 is 4.90 Å². The largest absolute Gasteiger partial charge is 0.377 e. The molecule has 2 nitrogen and oxygen atoms in total. The Balaban J connectivity index is 2.69. The van der Waals surface area contributed by atoms with Crippen LogP contribution in [0.1, 0.15) is 45.2 Å². The molecule has 2 heteroatoms. The van der Waals surface area contributed by atoms with E-state index in [4.69, 9.17) is 0 Å². The minimum absolute atomic E-state index is 1.07. The topological polar surface area (TPSA) is 7.12 Å². The third-order valence-corrected chi connectivity index (χ3v) is 3.25. The maximum Gasteiger partial charge on any atom is 0.183 e. The van der Waals surface area contributed by atoms with Gasteiger partial charge in [0.05, 0.1) is 0 Å². The molecule has 0 fully saturated rings. The second-order valence-corrected chi connectivity index (χ2v) is 4.87. The first-order valence-corrected chi connectivity index (χ1v) is 6.88. The summed E-state index contributed by atoms with van der Waals surface area (Å²) in [6.07, 6.45) is 8.75. The third-order valence-electron chi connectivity index (χ3n) is 3.25. The summed E-state index contributed by atoms with van der Waals surface area (Å²) in [5.74, 6) is 0. The average Bonchev–Trinajstić information content (AvgIpc) is 2.34. The zero-order chi connectivity index (χ0) is 12.7. The summed E-state index contributed by atoms with van der Waals surface area (Å²) in [6, 6.07) is 4.52. The summed E-state index contributed by atoms with van der Waals surface area (Å²) in [7, 11) is 4.21. The fourth-order valence-electron chi connectivity index (χ4n) is 2.10. The van der Waals surface area contributed by atoms with Crippen molar-refractivity contribution >= 4 is 5.69 Å². The SMILES string of the molecule is CCCCCCc1cc(N(C)C)cc[n+]1CC. The quantitative estimate of drug-likeness (QED) is 0.520. The van der Waals surface area contributed by atoms with E-state index in [1.807, 2.05) is 0 Å². The van der Waals surface area contributed by atoms with Crippen molar-refractivity contribution in [2.75, 3.05) is 19.0 Å². The molecule has 0 N–H and O–H groups in total. The van der Waals surface area contributed by atoms with Crippen molar-refractivity contribution in [3.05, 3.63) is 24.0 Å². The molecule has 0 atom stereocenters. The van der Waals surface area contributed by atoms with Gasteiger partial charge in [-0.15, -0.1) is 0 Å². The van der Waals surface area contributed by atoms with Crippen LogP contribution in [0.3, 0.4) is 0 Å². The van der Waals surface area contributed by atoms with Gasteiger partial charge in [0, 0.05) is 38.3 Å². The Morgan fingerprint density at radius 1 is 1.12 bits per heavy atom. The monoisotopic (exact) mass is 235 g/mol. The van der Waals surface area contributed by atoms with Crippen molar-refractivity contribution < 1.29 is 4.57 Å². The Morgan fingerprint density at radius 2 is 1.88 bits per heavy atom. The summed E-state index contributed by atoms with van der Waals surface area (Å²) in [4.78, 5) is 2.18. The lowest BCUT2D eigenvalue weighted by Gasteiger charge is -2.13. The fraction of sp³-hybridized carbons (Fsp3) is 0.667. The van der Waals surface area contributed by atoms with E-state index in [-0.39, 0.29) is 0 Å². The molecule has 0 aromatic carbocycles. The number of anilines is 1. The smallest absolute Gasteiger partial charge is 0.183 e. The zero-order valence-electron chi connectivity index (χ0n) is 11.9. The molecule has 1 heterocycles. The summed E-state index contributed by atoms with van der Waals surface area (Å²) in [5.41, 5.74) is 2.77. The molecule has 0 aliphatic heterocycles. The van der Waals surface area contributed by atoms with E-state index in [1.165, 1.54) is 43.5 Å². The van der Waals surface area contributed by atoms with Gasteiger partial charge in [-0.2, -0.15) is 0 Å². The van der Waals surface area contributed by atoms with Gasteiger partial charge in [-0.25, -0.2) is 4.57 Å². The molecule has 0 aliphatic carbocycles. The molecule has 0 radical (unpaired) electrons. The number of hydrogen-bond donors (Lipinski definition) is 0. The summed E-state index contributed by atoms with van der Waals surface area (Å²) in [6.45, 7) is 5.54. The Bertz CT molecular complexity index is 332. The van der Waals surface area contributed by atoms with E-state index in [0.29, 0.717) is 0 Å².